The lowest BCUT2D eigenvalue weighted by molar-refractivity contribution is 0.417. The van der Waals surface area contributed by atoms with Gasteiger partial charge in [-0.3, -0.25) is 0 Å². The van der Waals surface area contributed by atoms with Gasteiger partial charge in [0, 0.05) is 10.6 Å². The second kappa shape index (κ2) is 10.4. The minimum absolute atomic E-state index is 0.475. The molecule has 0 atom stereocenters. The Morgan fingerprint density at radius 1 is 0.708 bits per heavy atom. The van der Waals surface area contributed by atoms with Crippen LogP contribution in [0.5, 0.6) is 11.5 Å². The van der Waals surface area contributed by atoms with Gasteiger partial charge >= 0.3 is 0 Å². The van der Waals surface area contributed by atoms with Crippen LogP contribution < -0.4 is 20.1 Å². The first-order valence-electron chi connectivity index (χ1n) is 8.85. The summed E-state index contributed by atoms with van der Waals surface area (Å²) in [6, 6.07) is 16.9. The van der Waals surface area contributed by atoms with Crippen molar-refractivity contribution in [2.75, 3.05) is 20.4 Å². The Balaban J connectivity index is 2.27. The molecule has 0 saturated carbocycles. The normalized spacial score (nSPS) is 10.8. The highest BCUT2D eigenvalue weighted by Crippen LogP contribution is 2.41. The van der Waals surface area contributed by atoms with Gasteiger partial charge in [0.15, 0.2) is 0 Å². The van der Waals surface area contributed by atoms with Gasteiger partial charge in [0.25, 0.3) is 0 Å². The van der Waals surface area contributed by atoms with E-state index in [0.29, 0.717) is 0 Å². The summed E-state index contributed by atoms with van der Waals surface area (Å²) >= 11 is 0. The Morgan fingerprint density at radius 3 is 1.71 bits per heavy atom. The fraction of sp³-hybridized carbons (Fsp3) is 0.429. The fourth-order valence-corrected chi connectivity index (χ4v) is 5.63. The number of rotatable bonds is 10. The maximum atomic E-state index is 5.64. The first-order chi connectivity index (χ1) is 11.8. The van der Waals surface area contributed by atoms with Crippen molar-refractivity contribution < 1.29 is 9.47 Å². The third-order valence-electron chi connectivity index (χ3n) is 4.24. The Morgan fingerprint density at radius 2 is 1.21 bits per heavy atom. The van der Waals surface area contributed by atoms with Crippen LogP contribution in [0.2, 0.25) is 0 Å². The van der Waals surface area contributed by atoms with Crippen LogP contribution in [0.1, 0.15) is 39.0 Å². The maximum Gasteiger partial charge on any atom is 0.126 e. The van der Waals surface area contributed by atoms with E-state index in [9.17, 15) is 0 Å². The molecule has 0 aliphatic carbocycles. The average Bonchev–Trinajstić information content (AvgIpc) is 2.65. The van der Waals surface area contributed by atoms with Crippen molar-refractivity contribution in [3.8, 4) is 11.5 Å². The Kier molecular flexibility index (Phi) is 8.12. The maximum absolute atomic E-state index is 5.64. The molecule has 0 radical (unpaired) electrons. The molecular weight excluding hydrogens is 315 g/mol. The van der Waals surface area contributed by atoms with Gasteiger partial charge in [0.05, 0.1) is 14.2 Å². The highest BCUT2D eigenvalue weighted by atomic mass is 31.1. The monoisotopic (exact) mass is 344 g/mol. The summed E-state index contributed by atoms with van der Waals surface area (Å²) in [6.45, 7) is 2.26. The van der Waals surface area contributed by atoms with Gasteiger partial charge in [-0.2, -0.15) is 0 Å². The van der Waals surface area contributed by atoms with E-state index in [1.54, 1.807) is 14.2 Å². The molecule has 2 aromatic carbocycles. The lowest BCUT2D eigenvalue weighted by Crippen LogP contribution is -2.18. The zero-order chi connectivity index (χ0) is 17.2. The minimum Gasteiger partial charge on any atom is -0.496 e. The summed E-state index contributed by atoms with van der Waals surface area (Å²) in [6.07, 6.45) is 7.69. The first kappa shape index (κ1) is 18.8. The molecular formula is C21H29O2P. The van der Waals surface area contributed by atoms with Crippen molar-refractivity contribution in [1.29, 1.82) is 0 Å². The summed E-state index contributed by atoms with van der Waals surface area (Å²) in [5.74, 6) is 1.98. The molecule has 0 spiro atoms. The molecule has 2 nitrogen and oxygen atoms in total. The minimum atomic E-state index is -0.475. The van der Waals surface area contributed by atoms with Crippen LogP contribution >= 0.6 is 7.92 Å². The lowest BCUT2D eigenvalue weighted by atomic mass is 10.2. The standard InChI is InChI=1S/C21H29O2P/c1-4-5-6-7-12-17-24(20-15-10-8-13-18(20)22-2)21-16-11-9-14-19(21)23-3/h8-11,13-16H,4-7,12,17H2,1-3H3. The summed E-state index contributed by atoms with van der Waals surface area (Å²) in [4.78, 5) is 0. The molecule has 0 amide bonds. The number of benzene rings is 2. The summed E-state index contributed by atoms with van der Waals surface area (Å²) in [5, 5.41) is 2.63. The van der Waals surface area contributed by atoms with Crippen LogP contribution in [0.3, 0.4) is 0 Å². The highest BCUT2D eigenvalue weighted by Gasteiger charge is 2.20. The molecule has 24 heavy (non-hydrogen) atoms. The second-order valence-electron chi connectivity index (χ2n) is 5.91. The summed E-state index contributed by atoms with van der Waals surface area (Å²) in [7, 11) is 3.04. The van der Waals surface area contributed by atoms with E-state index in [0.717, 1.165) is 11.5 Å². The van der Waals surface area contributed by atoms with Crippen molar-refractivity contribution >= 4 is 18.5 Å². The van der Waals surface area contributed by atoms with Gasteiger partial charge in [-0.25, -0.2) is 0 Å². The van der Waals surface area contributed by atoms with Gasteiger partial charge < -0.3 is 9.47 Å². The van der Waals surface area contributed by atoms with E-state index in [1.165, 1.54) is 48.9 Å². The molecule has 130 valence electrons. The van der Waals surface area contributed by atoms with Crippen molar-refractivity contribution in [2.45, 2.75) is 39.0 Å². The number of methoxy groups -OCH3 is 2. The van der Waals surface area contributed by atoms with Crippen molar-refractivity contribution in [1.82, 2.24) is 0 Å². The molecule has 3 heteroatoms. The topological polar surface area (TPSA) is 18.5 Å². The van der Waals surface area contributed by atoms with Gasteiger partial charge in [-0.15, -0.1) is 0 Å². The smallest absolute Gasteiger partial charge is 0.126 e. The van der Waals surface area contributed by atoms with E-state index in [-0.39, 0.29) is 0 Å². The predicted molar refractivity (Wildman–Crippen MR) is 106 cm³/mol. The molecule has 0 fully saturated rings. The molecule has 0 aliphatic rings. The third-order valence-corrected chi connectivity index (χ3v) is 6.90. The number of ether oxygens (including phenoxy) is 2. The van der Waals surface area contributed by atoms with Crippen LogP contribution in [-0.2, 0) is 0 Å². The fourth-order valence-electron chi connectivity index (χ4n) is 2.95. The molecule has 0 N–H and O–H groups in total. The zero-order valence-electron chi connectivity index (χ0n) is 15.1. The van der Waals surface area contributed by atoms with Crippen LogP contribution in [0, 0.1) is 0 Å². The first-order valence-corrected chi connectivity index (χ1v) is 10.4. The van der Waals surface area contributed by atoms with Gasteiger partial charge in [-0.05, 0) is 32.6 Å². The average molecular weight is 344 g/mol. The largest absolute Gasteiger partial charge is 0.496 e. The molecule has 2 aromatic rings. The number of para-hydroxylation sites is 2. The quantitative estimate of drug-likeness (QED) is 0.441. The van der Waals surface area contributed by atoms with E-state index >= 15 is 0 Å². The second-order valence-corrected chi connectivity index (χ2v) is 8.18. The molecule has 0 heterocycles. The molecule has 0 aromatic heterocycles. The van der Waals surface area contributed by atoms with Crippen molar-refractivity contribution in [3.05, 3.63) is 48.5 Å². The van der Waals surface area contributed by atoms with Crippen LogP contribution in [-0.4, -0.2) is 20.4 Å². The van der Waals surface area contributed by atoms with E-state index in [2.05, 4.69) is 43.3 Å². The molecule has 0 saturated heterocycles. The van der Waals surface area contributed by atoms with E-state index in [1.807, 2.05) is 12.1 Å². The molecule has 2 rings (SSSR count). The van der Waals surface area contributed by atoms with Gasteiger partial charge in [0.2, 0.25) is 0 Å². The Labute approximate surface area is 147 Å². The van der Waals surface area contributed by atoms with Gasteiger partial charge in [0.1, 0.15) is 11.5 Å². The molecule has 0 bridgehead atoms. The Hall–Kier alpha value is -1.53. The third kappa shape index (κ3) is 4.98. The SMILES string of the molecule is CCCCCCCP(c1ccccc1OC)c1ccccc1OC. The summed E-state index contributed by atoms with van der Waals surface area (Å²) < 4.78 is 11.3. The summed E-state index contributed by atoms with van der Waals surface area (Å²) in [5.41, 5.74) is 0. The van der Waals surface area contributed by atoms with E-state index in [4.69, 9.17) is 9.47 Å². The van der Waals surface area contributed by atoms with Crippen molar-refractivity contribution in [3.63, 3.8) is 0 Å². The number of unbranched alkanes of at least 4 members (excludes halogenated alkanes) is 4. The van der Waals surface area contributed by atoms with Crippen LogP contribution in [0.25, 0.3) is 0 Å². The molecule has 0 unspecified atom stereocenters. The van der Waals surface area contributed by atoms with Gasteiger partial charge in [-0.1, -0.05) is 69.0 Å². The number of hydrogen-bond acceptors (Lipinski definition) is 2. The highest BCUT2D eigenvalue weighted by molar-refractivity contribution is 7.73. The number of hydrogen-bond donors (Lipinski definition) is 0. The zero-order valence-corrected chi connectivity index (χ0v) is 16.0. The Bertz CT molecular complexity index is 565. The van der Waals surface area contributed by atoms with Crippen molar-refractivity contribution in [2.24, 2.45) is 0 Å². The van der Waals surface area contributed by atoms with Crippen LogP contribution in [0.15, 0.2) is 48.5 Å². The van der Waals surface area contributed by atoms with Crippen LogP contribution in [0.4, 0.5) is 0 Å². The molecule has 0 aliphatic heterocycles. The predicted octanol–water partition coefficient (Wildman–Crippen LogP) is 5.11. The lowest BCUT2D eigenvalue weighted by Gasteiger charge is -2.23. The van der Waals surface area contributed by atoms with E-state index < -0.39 is 7.92 Å².